The van der Waals surface area contributed by atoms with E-state index < -0.39 is 10.0 Å². The lowest BCUT2D eigenvalue weighted by atomic mass is 10.1. The van der Waals surface area contributed by atoms with E-state index in [1.807, 2.05) is 36.4 Å². The molecule has 0 atom stereocenters. The fourth-order valence-electron chi connectivity index (χ4n) is 4.26. The largest absolute Gasteiger partial charge is 0.493 e. The minimum Gasteiger partial charge on any atom is -0.493 e. The van der Waals surface area contributed by atoms with Gasteiger partial charge in [-0.1, -0.05) is 59.8 Å². The topological polar surface area (TPSA) is 111 Å². The maximum atomic E-state index is 13.7. The van der Waals surface area contributed by atoms with Crippen molar-refractivity contribution in [1.82, 2.24) is 15.3 Å². The number of sulfonamides is 1. The Balaban J connectivity index is 1.34. The van der Waals surface area contributed by atoms with Crippen molar-refractivity contribution in [2.24, 2.45) is 0 Å². The number of ether oxygens (including phenoxy) is 2. The first-order valence-electron chi connectivity index (χ1n) is 12.1. The average molecular weight is 597 g/mol. The number of halogens is 1. The Morgan fingerprint density at radius 2 is 1.77 bits per heavy atom. The molecule has 40 heavy (non-hydrogen) atoms. The van der Waals surface area contributed by atoms with Crippen LogP contribution >= 0.6 is 23.4 Å². The number of rotatable bonds is 9. The fourth-order valence-corrected chi connectivity index (χ4v) is 6.64. The first kappa shape index (κ1) is 27.8. The first-order chi connectivity index (χ1) is 19.3. The zero-order valence-corrected chi connectivity index (χ0v) is 24.0. The number of thioether (sulfide) groups is 1. The van der Waals surface area contributed by atoms with Gasteiger partial charge in [0.15, 0.2) is 16.7 Å². The van der Waals surface area contributed by atoms with E-state index in [4.69, 9.17) is 21.1 Å². The van der Waals surface area contributed by atoms with Gasteiger partial charge < -0.3 is 14.8 Å². The molecule has 0 aliphatic carbocycles. The summed E-state index contributed by atoms with van der Waals surface area (Å²) in [5.74, 6) is 0.988. The van der Waals surface area contributed by atoms with Crippen LogP contribution < -0.4 is 19.1 Å². The van der Waals surface area contributed by atoms with Crippen LogP contribution in [-0.2, 0) is 27.9 Å². The molecule has 0 saturated heterocycles. The highest BCUT2D eigenvalue weighted by Crippen LogP contribution is 2.44. The van der Waals surface area contributed by atoms with Gasteiger partial charge in [-0.2, -0.15) is 0 Å². The molecule has 9 nitrogen and oxygen atoms in total. The first-order valence-corrected chi connectivity index (χ1v) is 14.9. The number of carbonyl (C=O) groups excluding carboxylic acids is 1. The number of anilines is 1. The predicted molar refractivity (Wildman–Crippen MR) is 154 cm³/mol. The molecule has 0 bridgehead atoms. The van der Waals surface area contributed by atoms with Gasteiger partial charge in [0.2, 0.25) is 5.91 Å². The molecule has 0 saturated carbocycles. The SMILES string of the molecule is COc1ccc(CNC(=O)CSc2ncc3c(n2)-c2cc(Cl)ccc2N(Cc2ccccc2)S3(=O)=O)cc1OC. The van der Waals surface area contributed by atoms with Crippen molar-refractivity contribution in [2.45, 2.75) is 23.1 Å². The third-order valence-corrected chi connectivity index (χ3v) is 9.08. The molecule has 1 amide bonds. The maximum Gasteiger partial charge on any atom is 0.268 e. The number of nitrogens with zero attached hydrogens (tertiary/aromatic N) is 3. The Hall–Kier alpha value is -3.80. The second kappa shape index (κ2) is 11.7. The molecule has 0 radical (unpaired) electrons. The van der Waals surface area contributed by atoms with Crippen LogP contribution in [0.2, 0.25) is 5.02 Å². The van der Waals surface area contributed by atoms with Gasteiger partial charge in [-0.05, 0) is 41.5 Å². The van der Waals surface area contributed by atoms with Gasteiger partial charge in [-0.15, -0.1) is 0 Å². The number of nitrogens with one attached hydrogen (secondary N) is 1. The van der Waals surface area contributed by atoms with Crippen molar-refractivity contribution in [1.29, 1.82) is 0 Å². The third kappa shape index (κ3) is 5.72. The second-order valence-corrected chi connectivity index (χ2v) is 12.0. The van der Waals surface area contributed by atoms with E-state index in [0.29, 0.717) is 34.3 Å². The van der Waals surface area contributed by atoms with E-state index in [0.717, 1.165) is 22.9 Å². The molecule has 1 aliphatic rings. The third-order valence-electron chi connectivity index (χ3n) is 6.22. The Bertz CT molecular complexity index is 1670. The summed E-state index contributed by atoms with van der Waals surface area (Å²) >= 11 is 7.41. The number of hydrogen-bond donors (Lipinski definition) is 1. The minimum atomic E-state index is -3.95. The van der Waals surface area contributed by atoms with Crippen molar-refractivity contribution in [3.05, 3.63) is 89.1 Å². The van der Waals surface area contributed by atoms with Gasteiger partial charge in [-0.25, -0.2) is 18.4 Å². The Kier molecular flexibility index (Phi) is 8.15. The number of benzene rings is 3. The number of amides is 1. The molecule has 1 N–H and O–H groups in total. The molecule has 5 rings (SSSR count). The standard InChI is InChI=1S/C28H25ClN4O5S2/c1-37-23-11-8-19(12-24(23)38-2)14-30-26(34)17-39-28-31-15-25-27(32-28)21-13-20(29)9-10-22(21)33(40(25,35)36)16-18-6-4-3-5-7-18/h3-13,15H,14,16-17H2,1-2H3,(H,30,34). The summed E-state index contributed by atoms with van der Waals surface area (Å²) in [6, 6.07) is 19.8. The summed E-state index contributed by atoms with van der Waals surface area (Å²) in [6.45, 7) is 0.445. The van der Waals surface area contributed by atoms with Gasteiger partial charge >= 0.3 is 0 Å². The zero-order valence-electron chi connectivity index (χ0n) is 21.6. The summed E-state index contributed by atoms with van der Waals surface area (Å²) in [6.07, 6.45) is 1.30. The number of hydrogen-bond acceptors (Lipinski definition) is 8. The molecular weight excluding hydrogens is 572 g/mol. The number of carbonyl (C=O) groups is 1. The molecule has 12 heteroatoms. The highest BCUT2D eigenvalue weighted by molar-refractivity contribution is 7.99. The molecule has 0 unspecified atom stereocenters. The quantitative estimate of drug-likeness (QED) is 0.214. The number of fused-ring (bicyclic) bond motifs is 3. The van der Waals surface area contributed by atoms with Crippen LogP contribution in [0.15, 0.2) is 83.0 Å². The average Bonchev–Trinajstić information content (AvgIpc) is 2.97. The maximum absolute atomic E-state index is 13.7. The van der Waals surface area contributed by atoms with Crippen LogP contribution in [0, 0.1) is 0 Å². The van der Waals surface area contributed by atoms with Gasteiger partial charge in [0, 0.05) is 17.1 Å². The van der Waals surface area contributed by atoms with E-state index in [9.17, 15) is 13.2 Å². The fraction of sp³-hybridized carbons (Fsp3) is 0.179. The van der Waals surface area contributed by atoms with E-state index in [2.05, 4.69) is 15.3 Å². The van der Waals surface area contributed by atoms with Crippen molar-refractivity contribution in [3.63, 3.8) is 0 Å². The van der Waals surface area contributed by atoms with Crippen LogP contribution in [0.4, 0.5) is 5.69 Å². The summed E-state index contributed by atoms with van der Waals surface area (Å²) in [5, 5.41) is 3.58. The van der Waals surface area contributed by atoms with Crippen molar-refractivity contribution in [3.8, 4) is 22.8 Å². The molecule has 0 fully saturated rings. The summed E-state index contributed by atoms with van der Waals surface area (Å²) in [7, 11) is -0.840. The molecule has 3 aromatic carbocycles. The van der Waals surface area contributed by atoms with Crippen molar-refractivity contribution in [2.75, 3.05) is 24.3 Å². The number of methoxy groups -OCH3 is 2. The van der Waals surface area contributed by atoms with E-state index in [-0.39, 0.29) is 34.0 Å². The molecule has 1 aliphatic heterocycles. The highest BCUT2D eigenvalue weighted by atomic mass is 35.5. The summed E-state index contributed by atoms with van der Waals surface area (Å²) in [5.41, 5.74) is 2.99. The van der Waals surface area contributed by atoms with E-state index in [1.165, 1.54) is 10.5 Å². The van der Waals surface area contributed by atoms with Gasteiger partial charge in [0.1, 0.15) is 4.90 Å². The van der Waals surface area contributed by atoms with Crippen LogP contribution in [0.3, 0.4) is 0 Å². The Morgan fingerprint density at radius 1 is 1.00 bits per heavy atom. The second-order valence-electron chi connectivity index (χ2n) is 8.78. The molecular formula is C28H25ClN4O5S2. The predicted octanol–water partition coefficient (Wildman–Crippen LogP) is 4.93. The summed E-state index contributed by atoms with van der Waals surface area (Å²) in [4.78, 5) is 21.3. The minimum absolute atomic E-state index is 0.0135. The van der Waals surface area contributed by atoms with Gasteiger partial charge in [-0.3, -0.25) is 9.10 Å². The lowest BCUT2D eigenvalue weighted by molar-refractivity contribution is -0.118. The van der Waals surface area contributed by atoms with Crippen LogP contribution in [0.25, 0.3) is 11.3 Å². The summed E-state index contributed by atoms with van der Waals surface area (Å²) < 4.78 is 39.2. The van der Waals surface area contributed by atoms with Crippen LogP contribution in [0.1, 0.15) is 11.1 Å². The lowest BCUT2D eigenvalue weighted by Crippen LogP contribution is -2.34. The van der Waals surface area contributed by atoms with Crippen LogP contribution in [-0.4, -0.2) is 44.3 Å². The number of aromatic nitrogens is 2. The monoisotopic (exact) mass is 596 g/mol. The van der Waals surface area contributed by atoms with Crippen molar-refractivity contribution >= 4 is 45.0 Å². The molecule has 206 valence electrons. The van der Waals surface area contributed by atoms with Crippen molar-refractivity contribution < 1.29 is 22.7 Å². The van der Waals surface area contributed by atoms with Gasteiger partial charge in [0.25, 0.3) is 10.0 Å². The highest BCUT2D eigenvalue weighted by Gasteiger charge is 2.37. The zero-order chi connectivity index (χ0) is 28.3. The smallest absolute Gasteiger partial charge is 0.268 e. The van der Waals surface area contributed by atoms with Crippen LogP contribution in [0.5, 0.6) is 11.5 Å². The van der Waals surface area contributed by atoms with Gasteiger partial charge in [0.05, 0.1) is 44.1 Å². The van der Waals surface area contributed by atoms with E-state index >= 15 is 0 Å². The molecule has 4 aromatic rings. The normalized spacial score (nSPS) is 13.2. The molecule has 1 aromatic heterocycles. The molecule has 0 spiro atoms. The molecule has 2 heterocycles. The van der Waals surface area contributed by atoms with E-state index in [1.54, 1.807) is 44.6 Å². The Morgan fingerprint density at radius 3 is 2.52 bits per heavy atom. The lowest BCUT2D eigenvalue weighted by Gasteiger charge is -2.31. The Labute approximate surface area is 241 Å².